The van der Waals surface area contributed by atoms with Gasteiger partial charge in [-0.25, -0.2) is 0 Å². The van der Waals surface area contributed by atoms with E-state index in [-0.39, 0.29) is 5.91 Å². The number of aryl methyl sites for hydroxylation is 1. The number of amides is 1. The SMILES string of the molecule is CC(=O)Nc1ccc(Nc2cccc(C)c2C)nn1. The Balaban J connectivity index is 2.15. The summed E-state index contributed by atoms with van der Waals surface area (Å²) >= 11 is 0. The van der Waals surface area contributed by atoms with Crippen LogP contribution in [-0.4, -0.2) is 16.1 Å². The highest BCUT2D eigenvalue weighted by molar-refractivity contribution is 5.87. The number of nitrogens with zero attached hydrogens (tertiary/aromatic N) is 2. The molecule has 98 valence electrons. The number of anilines is 3. The van der Waals surface area contributed by atoms with Crippen molar-refractivity contribution in [1.82, 2.24) is 10.2 Å². The van der Waals surface area contributed by atoms with Crippen LogP contribution < -0.4 is 10.6 Å². The molecule has 0 aliphatic carbocycles. The van der Waals surface area contributed by atoms with E-state index in [4.69, 9.17) is 0 Å². The average molecular weight is 256 g/mol. The van der Waals surface area contributed by atoms with Crippen LogP contribution >= 0.6 is 0 Å². The van der Waals surface area contributed by atoms with E-state index in [1.165, 1.54) is 18.1 Å². The molecular formula is C14H16N4O. The standard InChI is InChI=1S/C14H16N4O/c1-9-5-4-6-12(10(9)2)16-14-8-7-13(17-18-14)15-11(3)19/h4-8H,1-3H3,(H,16,18)(H,15,17,19). The van der Waals surface area contributed by atoms with Gasteiger partial charge in [-0.2, -0.15) is 0 Å². The molecule has 5 heteroatoms. The van der Waals surface area contributed by atoms with Gasteiger partial charge in [0, 0.05) is 12.6 Å². The molecule has 1 aromatic heterocycles. The first kappa shape index (κ1) is 13.0. The zero-order valence-corrected chi connectivity index (χ0v) is 11.2. The minimum Gasteiger partial charge on any atom is -0.339 e. The first-order chi connectivity index (χ1) is 9.06. The molecule has 2 N–H and O–H groups in total. The Labute approximate surface area is 112 Å². The van der Waals surface area contributed by atoms with Gasteiger partial charge in [0.1, 0.15) is 0 Å². The number of nitrogens with one attached hydrogen (secondary N) is 2. The summed E-state index contributed by atoms with van der Waals surface area (Å²) in [5.41, 5.74) is 3.39. The van der Waals surface area contributed by atoms with Crippen LogP contribution in [0.2, 0.25) is 0 Å². The predicted molar refractivity (Wildman–Crippen MR) is 75.5 cm³/mol. The quantitative estimate of drug-likeness (QED) is 0.886. The van der Waals surface area contributed by atoms with Gasteiger partial charge in [-0.05, 0) is 43.2 Å². The summed E-state index contributed by atoms with van der Waals surface area (Å²) in [6.45, 7) is 5.55. The third-order valence-electron chi connectivity index (χ3n) is 2.84. The summed E-state index contributed by atoms with van der Waals surface area (Å²) in [6, 6.07) is 9.53. The second-order valence-electron chi connectivity index (χ2n) is 4.36. The minimum atomic E-state index is -0.162. The Hall–Kier alpha value is -2.43. The highest BCUT2D eigenvalue weighted by atomic mass is 16.1. The van der Waals surface area contributed by atoms with E-state index < -0.39 is 0 Å². The molecule has 1 amide bonds. The first-order valence-corrected chi connectivity index (χ1v) is 6.01. The molecule has 0 saturated heterocycles. The maximum absolute atomic E-state index is 10.9. The maximum Gasteiger partial charge on any atom is 0.222 e. The second-order valence-corrected chi connectivity index (χ2v) is 4.36. The molecule has 0 saturated carbocycles. The highest BCUT2D eigenvalue weighted by Crippen LogP contribution is 2.21. The number of hydrogen-bond donors (Lipinski definition) is 2. The maximum atomic E-state index is 10.9. The van der Waals surface area contributed by atoms with Crippen molar-refractivity contribution in [2.75, 3.05) is 10.6 Å². The zero-order chi connectivity index (χ0) is 13.8. The minimum absolute atomic E-state index is 0.162. The Morgan fingerprint density at radius 2 is 1.74 bits per heavy atom. The molecule has 1 aromatic carbocycles. The largest absolute Gasteiger partial charge is 0.339 e. The van der Waals surface area contributed by atoms with E-state index in [1.54, 1.807) is 12.1 Å². The molecule has 0 fully saturated rings. The summed E-state index contributed by atoms with van der Waals surface area (Å²) in [5.74, 6) is 0.923. The van der Waals surface area contributed by atoms with Gasteiger partial charge >= 0.3 is 0 Å². The van der Waals surface area contributed by atoms with Crippen molar-refractivity contribution in [2.45, 2.75) is 20.8 Å². The fourth-order valence-electron chi connectivity index (χ4n) is 1.67. The van der Waals surface area contributed by atoms with Crippen LogP contribution in [0, 0.1) is 13.8 Å². The van der Waals surface area contributed by atoms with Crippen molar-refractivity contribution in [3.05, 3.63) is 41.5 Å². The van der Waals surface area contributed by atoms with Crippen LogP contribution in [0.15, 0.2) is 30.3 Å². The summed E-state index contributed by atoms with van der Waals surface area (Å²) in [4.78, 5) is 10.9. The van der Waals surface area contributed by atoms with Crippen molar-refractivity contribution in [2.24, 2.45) is 0 Å². The van der Waals surface area contributed by atoms with E-state index >= 15 is 0 Å². The van der Waals surface area contributed by atoms with Gasteiger partial charge in [0.25, 0.3) is 0 Å². The molecule has 0 bridgehead atoms. The van der Waals surface area contributed by atoms with Gasteiger partial charge in [-0.15, -0.1) is 10.2 Å². The van der Waals surface area contributed by atoms with Crippen LogP contribution in [0.3, 0.4) is 0 Å². The summed E-state index contributed by atoms with van der Waals surface area (Å²) in [5, 5.41) is 13.7. The Kier molecular flexibility index (Phi) is 3.75. The summed E-state index contributed by atoms with van der Waals surface area (Å²) < 4.78 is 0. The van der Waals surface area contributed by atoms with Crippen molar-refractivity contribution in [3.63, 3.8) is 0 Å². The molecule has 5 nitrogen and oxygen atoms in total. The van der Waals surface area contributed by atoms with Crippen molar-refractivity contribution in [1.29, 1.82) is 0 Å². The summed E-state index contributed by atoms with van der Waals surface area (Å²) in [7, 11) is 0. The summed E-state index contributed by atoms with van der Waals surface area (Å²) in [6.07, 6.45) is 0. The van der Waals surface area contributed by atoms with E-state index in [1.807, 2.05) is 12.1 Å². The third kappa shape index (κ3) is 3.28. The predicted octanol–water partition coefficient (Wildman–Crippen LogP) is 2.80. The number of rotatable bonds is 3. The van der Waals surface area contributed by atoms with Crippen LogP contribution in [0.5, 0.6) is 0 Å². The van der Waals surface area contributed by atoms with E-state index in [0.717, 1.165) is 5.69 Å². The van der Waals surface area contributed by atoms with Gasteiger partial charge in [-0.3, -0.25) is 4.79 Å². The number of hydrogen-bond acceptors (Lipinski definition) is 4. The van der Waals surface area contributed by atoms with Crippen molar-refractivity contribution >= 4 is 23.2 Å². The van der Waals surface area contributed by atoms with Gasteiger partial charge in [0.2, 0.25) is 5.91 Å². The first-order valence-electron chi connectivity index (χ1n) is 6.01. The topological polar surface area (TPSA) is 66.9 Å². The fourth-order valence-corrected chi connectivity index (χ4v) is 1.67. The monoisotopic (exact) mass is 256 g/mol. The van der Waals surface area contributed by atoms with Crippen LogP contribution in [0.25, 0.3) is 0 Å². The third-order valence-corrected chi connectivity index (χ3v) is 2.84. The lowest BCUT2D eigenvalue weighted by Crippen LogP contribution is -2.08. The van der Waals surface area contributed by atoms with Gasteiger partial charge in [-0.1, -0.05) is 12.1 Å². The molecule has 0 unspecified atom stereocenters. The molecule has 0 aliphatic rings. The number of carbonyl (C=O) groups excluding carboxylic acids is 1. The van der Waals surface area contributed by atoms with Crippen molar-refractivity contribution in [3.8, 4) is 0 Å². The van der Waals surface area contributed by atoms with Crippen LogP contribution in [0.4, 0.5) is 17.3 Å². The molecule has 1 heterocycles. The normalized spacial score (nSPS) is 10.1. The number of aromatic nitrogens is 2. The highest BCUT2D eigenvalue weighted by Gasteiger charge is 2.03. The molecule has 0 aliphatic heterocycles. The number of carbonyl (C=O) groups is 1. The Morgan fingerprint density at radius 1 is 1.05 bits per heavy atom. The lowest BCUT2D eigenvalue weighted by molar-refractivity contribution is -0.114. The number of benzene rings is 1. The lowest BCUT2D eigenvalue weighted by atomic mass is 10.1. The molecule has 0 radical (unpaired) electrons. The average Bonchev–Trinajstić information content (AvgIpc) is 2.37. The van der Waals surface area contributed by atoms with E-state index in [9.17, 15) is 4.79 Å². The zero-order valence-electron chi connectivity index (χ0n) is 11.2. The Morgan fingerprint density at radius 3 is 2.37 bits per heavy atom. The van der Waals surface area contributed by atoms with Crippen LogP contribution in [0.1, 0.15) is 18.1 Å². The second kappa shape index (κ2) is 5.48. The smallest absolute Gasteiger partial charge is 0.222 e. The lowest BCUT2D eigenvalue weighted by Gasteiger charge is -2.10. The van der Waals surface area contributed by atoms with Crippen molar-refractivity contribution < 1.29 is 4.79 Å². The van der Waals surface area contributed by atoms with E-state index in [2.05, 4.69) is 40.7 Å². The molecule has 19 heavy (non-hydrogen) atoms. The molecule has 0 atom stereocenters. The van der Waals surface area contributed by atoms with Crippen LogP contribution in [-0.2, 0) is 4.79 Å². The van der Waals surface area contributed by atoms with Gasteiger partial charge in [0.15, 0.2) is 11.6 Å². The molecule has 0 spiro atoms. The fraction of sp³-hybridized carbons (Fsp3) is 0.214. The molecule has 2 aromatic rings. The molecule has 2 rings (SSSR count). The molecular weight excluding hydrogens is 240 g/mol. The Bertz CT molecular complexity index is 593. The van der Waals surface area contributed by atoms with E-state index in [0.29, 0.717) is 11.6 Å². The van der Waals surface area contributed by atoms with Gasteiger partial charge < -0.3 is 10.6 Å². The van der Waals surface area contributed by atoms with Gasteiger partial charge in [0.05, 0.1) is 0 Å².